The summed E-state index contributed by atoms with van der Waals surface area (Å²) in [5.74, 6) is 0.799. The van der Waals surface area contributed by atoms with E-state index in [1.54, 1.807) is 6.20 Å². The first-order valence-corrected chi connectivity index (χ1v) is 9.00. The van der Waals surface area contributed by atoms with Gasteiger partial charge in [-0.3, -0.25) is 5.10 Å². The van der Waals surface area contributed by atoms with Crippen LogP contribution < -0.4 is 10.2 Å². The number of aromatic nitrogens is 4. The molecule has 2 aliphatic heterocycles. The Balaban J connectivity index is 1.51. The predicted molar refractivity (Wildman–Crippen MR) is 93.6 cm³/mol. The van der Waals surface area contributed by atoms with Gasteiger partial charge < -0.3 is 20.1 Å². The van der Waals surface area contributed by atoms with Gasteiger partial charge in [0.05, 0.1) is 24.9 Å². The van der Waals surface area contributed by atoms with Crippen molar-refractivity contribution in [3.8, 4) is 0 Å². The summed E-state index contributed by atoms with van der Waals surface area (Å²) in [6, 6.07) is -0.177. The van der Waals surface area contributed by atoms with Gasteiger partial charge in [-0.1, -0.05) is 0 Å². The molecule has 4 heterocycles. The van der Waals surface area contributed by atoms with E-state index in [4.69, 9.17) is 9.84 Å². The van der Waals surface area contributed by atoms with Gasteiger partial charge in [0.15, 0.2) is 10.3 Å². The average molecular weight is 411 g/mol. The quantitative estimate of drug-likeness (QED) is 0.690. The van der Waals surface area contributed by atoms with Gasteiger partial charge in [-0.2, -0.15) is 5.10 Å². The Hall–Kier alpha value is -1.94. The van der Waals surface area contributed by atoms with Crippen molar-refractivity contribution in [1.29, 1.82) is 0 Å². The average Bonchev–Trinajstić information content (AvgIpc) is 3.11. The number of carbonyl (C=O) groups is 1. The second kappa shape index (κ2) is 6.10. The largest absolute Gasteiger partial charge is 0.465 e. The fourth-order valence-corrected chi connectivity index (χ4v) is 4.32. The normalized spacial score (nSPS) is 25.6. The van der Waals surface area contributed by atoms with Crippen molar-refractivity contribution in [2.24, 2.45) is 5.41 Å². The summed E-state index contributed by atoms with van der Waals surface area (Å²) in [5.41, 5.74) is 1.21. The number of nitrogens with zero attached hydrogens (tertiary/aromatic N) is 4. The van der Waals surface area contributed by atoms with Crippen LogP contribution in [0.3, 0.4) is 0 Å². The third-order valence-electron chi connectivity index (χ3n) is 5.34. The fourth-order valence-electron chi connectivity index (χ4n) is 3.94. The summed E-state index contributed by atoms with van der Waals surface area (Å²) >= 11 is 3.33. The van der Waals surface area contributed by atoms with Crippen LogP contribution in [0.15, 0.2) is 10.8 Å². The highest BCUT2D eigenvalue weighted by Gasteiger charge is 2.50. The molecule has 0 bridgehead atoms. The number of amides is 1. The van der Waals surface area contributed by atoms with Gasteiger partial charge in [-0.25, -0.2) is 14.8 Å². The van der Waals surface area contributed by atoms with Crippen LogP contribution in [0.25, 0.3) is 11.2 Å². The van der Waals surface area contributed by atoms with Gasteiger partial charge in [0.1, 0.15) is 11.3 Å². The molecule has 0 radical (unpaired) electrons. The van der Waals surface area contributed by atoms with E-state index >= 15 is 0 Å². The molecule has 0 aliphatic carbocycles. The van der Waals surface area contributed by atoms with Crippen LogP contribution in [0.2, 0.25) is 0 Å². The predicted octanol–water partition coefficient (Wildman–Crippen LogP) is 1.76. The number of anilines is 1. The number of rotatable bonds is 2. The molecule has 1 amide bonds. The maximum atomic E-state index is 11.1. The van der Waals surface area contributed by atoms with Crippen molar-refractivity contribution in [1.82, 2.24) is 25.5 Å². The Labute approximate surface area is 152 Å². The molecule has 134 valence electrons. The first-order valence-electron chi connectivity index (χ1n) is 8.21. The minimum atomic E-state index is -0.995. The summed E-state index contributed by atoms with van der Waals surface area (Å²) in [7, 11) is 0. The Morgan fingerprint density at radius 3 is 3.00 bits per heavy atom. The first kappa shape index (κ1) is 16.5. The lowest BCUT2D eigenvalue weighted by Crippen LogP contribution is -2.54. The van der Waals surface area contributed by atoms with Crippen molar-refractivity contribution >= 4 is 39.0 Å². The minimum absolute atomic E-state index is 0.110. The van der Waals surface area contributed by atoms with Crippen LogP contribution in [0, 0.1) is 5.41 Å². The molecule has 1 spiro atoms. The van der Waals surface area contributed by atoms with Gasteiger partial charge >= 0.3 is 6.09 Å². The zero-order valence-electron chi connectivity index (χ0n) is 13.7. The number of nitrogens with one attached hydrogen (secondary N) is 2. The first-order chi connectivity index (χ1) is 12.0. The van der Waals surface area contributed by atoms with E-state index in [0.717, 1.165) is 31.7 Å². The third kappa shape index (κ3) is 2.82. The molecule has 2 aromatic rings. The number of ether oxygens (including phenoxy) is 1. The molecule has 2 atom stereocenters. The molecule has 2 fully saturated rings. The monoisotopic (exact) mass is 410 g/mol. The number of halogens is 1. The molecular weight excluding hydrogens is 392 g/mol. The van der Waals surface area contributed by atoms with Crippen LogP contribution in [0.5, 0.6) is 0 Å². The zero-order chi connectivity index (χ0) is 17.6. The molecule has 25 heavy (non-hydrogen) atoms. The third-order valence-corrected chi connectivity index (χ3v) is 5.89. The second-order valence-corrected chi connectivity index (χ2v) is 7.48. The number of piperidine rings is 1. The Bertz CT molecular complexity index is 804. The SMILES string of the molecule is C[C@@H]1OCC2(CCN(c3cnc4c(Br)n[nH]c4n3)CC2)[C@@H]1NC(=O)O. The van der Waals surface area contributed by atoms with E-state index in [1.807, 2.05) is 6.92 Å². The van der Waals surface area contributed by atoms with Crippen LogP contribution in [0.1, 0.15) is 19.8 Å². The maximum Gasteiger partial charge on any atom is 0.404 e. The van der Waals surface area contributed by atoms with Gasteiger partial charge in [0, 0.05) is 18.5 Å². The molecule has 4 rings (SSSR count). The molecule has 9 nitrogen and oxygen atoms in total. The molecule has 2 aromatic heterocycles. The van der Waals surface area contributed by atoms with Crippen molar-refractivity contribution in [3.63, 3.8) is 0 Å². The highest BCUT2D eigenvalue weighted by atomic mass is 79.9. The number of carboxylic acid groups (broad SMARTS) is 1. The van der Waals surface area contributed by atoms with Crippen LogP contribution >= 0.6 is 15.9 Å². The lowest BCUT2D eigenvalue weighted by molar-refractivity contribution is 0.0970. The molecular formula is C15H19BrN6O3. The van der Waals surface area contributed by atoms with E-state index in [2.05, 4.69) is 46.3 Å². The molecule has 2 saturated heterocycles. The van der Waals surface area contributed by atoms with Gasteiger partial charge in [-0.05, 0) is 35.7 Å². The van der Waals surface area contributed by atoms with Crippen molar-refractivity contribution in [2.45, 2.75) is 31.9 Å². The Kier molecular flexibility index (Phi) is 4.03. The fraction of sp³-hybridized carbons (Fsp3) is 0.600. The van der Waals surface area contributed by atoms with E-state index in [9.17, 15) is 4.79 Å². The highest BCUT2D eigenvalue weighted by molar-refractivity contribution is 9.10. The van der Waals surface area contributed by atoms with Gasteiger partial charge in [0.2, 0.25) is 0 Å². The second-order valence-electron chi connectivity index (χ2n) is 6.73. The summed E-state index contributed by atoms with van der Waals surface area (Å²) < 4.78 is 6.42. The van der Waals surface area contributed by atoms with Crippen molar-refractivity contribution in [3.05, 3.63) is 10.8 Å². The number of hydrogen-bond donors (Lipinski definition) is 3. The van der Waals surface area contributed by atoms with E-state index in [-0.39, 0.29) is 17.6 Å². The standard InChI is InChI=1S/C15H19BrN6O3/c1-8-11(19-14(23)24)15(7-25-8)2-4-22(5-3-15)9-6-17-10-12(16)20-21-13(10)18-9/h6,8,11,19H,2-5,7H2,1H3,(H,23,24)(H,18,20,21)/t8-,11+/m0/s1. The molecule has 10 heteroatoms. The van der Waals surface area contributed by atoms with E-state index < -0.39 is 6.09 Å². The van der Waals surface area contributed by atoms with E-state index in [1.165, 1.54) is 0 Å². The minimum Gasteiger partial charge on any atom is -0.465 e. The number of H-pyrrole nitrogens is 1. The zero-order valence-corrected chi connectivity index (χ0v) is 15.3. The van der Waals surface area contributed by atoms with E-state index in [0.29, 0.717) is 22.4 Å². The Morgan fingerprint density at radius 2 is 2.28 bits per heavy atom. The van der Waals surface area contributed by atoms with Crippen LogP contribution in [0.4, 0.5) is 10.6 Å². The van der Waals surface area contributed by atoms with Gasteiger partial charge in [0.25, 0.3) is 0 Å². The molecule has 0 saturated carbocycles. The lowest BCUT2D eigenvalue weighted by Gasteiger charge is -2.42. The number of aromatic amines is 1. The number of fused-ring (bicyclic) bond motifs is 1. The van der Waals surface area contributed by atoms with Crippen LogP contribution in [-0.4, -0.2) is 63.2 Å². The lowest BCUT2D eigenvalue weighted by atomic mass is 9.73. The highest BCUT2D eigenvalue weighted by Crippen LogP contribution is 2.42. The summed E-state index contributed by atoms with van der Waals surface area (Å²) in [5, 5.41) is 18.7. The Morgan fingerprint density at radius 1 is 1.52 bits per heavy atom. The topological polar surface area (TPSA) is 116 Å². The maximum absolute atomic E-state index is 11.1. The van der Waals surface area contributed by atoms with Crippen molar-refractivity contribution < 1.29 is 14.6 Å². The smallest absolute Gasteiger partial charge is 0.404 e. The molecule has 0 aromatic carbocycles. The summed E-state index contributed by atoms with van der Waals surface area (Å²) in [6.07, 6.45) is 2.33. The van der Waals surface area contributed by atoms with Gasteiger partial charge in [-0.15, -0.1) is 0 Å². The molecule has 3 N–H and O–H groups in total. The van der Waals surface area contributed by atoms with Crippen LogP contribution in [-0.2, 0) is 4.74 Å². The molecule has 0 unspecified atom stereocenters. The number of hydrogen-bond acceptors (Lipinski definition) is 6. The van der Waals surface area contributed by atoms with Crippen molar-refractivity contribution in [2.75, 3.05) is 24.6 Å². The molecule has 2 aliphatic rings. The summed E-state index contributed by atoms with van der Waals surface area (Å²) in [6.45, 7) is 4.08. The summed E-state index contributed by atoms with van der Waals surface area (Å²) in [4.78, 5) is 22.3.